The Hall–Kier alpha value is -3.83. The lowest BCUT2D eigenvalue weighted by Gasteiger charge is -2.29. The molecule has 5 heteroatoms. The van der Waals surface area contributed by atoms with Crippen molar-refractivity contribution in [3.8, 4) is 0 Å². The highest BCUT2D eigenvalue weighted by molar-refractivity contribution is 7.81. The molecular weight excluding hydrogens is 488 g/mol. The lowest BCUT2D eigenvalue weighted by molar-refractivity contribution is -0.133. The number of carboxylic acid groups (broad SMARTS) is 1. The Bertz CT molecular complexity index is 1180. The number of carbonyl (C=O) groups is 1. The van der Waals surface area contributed by atoms with Gasteiger partial charge >= 0.3 is 5.97 Å². The van der Waals surface area contributed by atoms with Crippen LogP contribution in [0.5, 0.6) is 0 Å². The summed E-state index contributed by atoms with van der Waals surface area (Å²) < 4.78 is 0. The molecule has 0 spiro atoms. The molecule has 3 aromatic carbocycles. The number of pyridine rings is 1. The second-order valence-electron chi connectivity index (χ2n) is 8.95. The summed E-state index contributed by atoms with van der Waals surface area (Å²) >= 11 is 3.42. The van der Waals surface area contributed by atoms with Crippen LogP contribution in [-0.2, 0) is 11.2 Å². The number of aliphatic carboxylic acids is 1. The monoisotopic (exact) mass is 524 g/mol. The van der Waals surface area contributed by atoms with E-state index < -0.39 is 5.97 Å². The standard InChI is InChI=1S/C31H32N2.C2H4O2S/c1-26(31-21-11-12-23-32-31)33(24-13-16-27-14-5-2-6-15-27)25-22-30(28-17-7-3-8-18-28)29-19-9-4-10-20-29;3-2(4)1-5/h2-12,14-15,17-21,23,30H,1,13,16,22,24-25H2;5H,1H2,(H,3,4). The van der Waals surface area contributed by atoms with Gasteiger partial charge in [0.1, 0.15) is 0 Å². The van der Waals surface area contributed by atoms with Gasteiger partial charge in [-0.05, 0) is 48.1 Å². The molecule has 1 aromatic heterocycles. The molecule has 0 saturated carbocycles. The quantitative estimate of drug-likeness (QED) is 0.192. The fourth-order valence-electron chi connectivity index (χ4n) is 4.38. The van der Waals surface area contributed by atoms with Gasteiger partial charge in [-0.3, -0.25) is 9.78 Å². The Morgan fingerprint density at radius 1 is 0.816 bits per heavy atom. The van der Waals surface area contributed by atoms with Gasteiger partial charge in [0.25, 0.3) is 0 Å². The number of aryl methyl sites for hydroxylation is 1. The van der Waals surface area contributed by atoms with E-state index in [-0.39, 0.29) is 5.75 Å². The van der Waals surface area contributed by atoms with E-state index >= 15 is 0 Å². The molecule has 0 atom stereocenters. The van der Waals surface area contributed by atoms with E-state index in [9.17, 15) is 4.79 Å². The fraction of sp³-hybridized carbons (Fsp3) is 0.212. The van der Waals surface area contributed by atoms with E-state index in [4.69, 9.17) is 5.11 Å². The molecule has 4 aromatic rings. The van der Waals surface area contributed by atoms with Gasteiger partial charge in [0.2, 0.25) is 0 Å². The highest BCUT2D eigenvalue weighted by Gasteiger charge is 2.17. The summed E-state index contributed by atoms with van der Waals surface area (Å²) in [6, 6.07) is 38.4. The number of benzene rings is 3. The maximum Gasteiger partial charge on any atom is 0.313 e. The Kier molecular flexibility index (Phi) is 12.2. The second kappa shape index (κ2) is 16.1. The summed E-state index contributed by atoms with van der Waals surface area (Å²) in [6.45, 7) is 6.33. The van der Waals surface area contributed by atoms with Crippen LogP contribution in [0.2, 0.25) is 0 Å². The van der Waals surface area contributed by atoms with Crippen LogP contribution in [0.3, 0.4) is 0 Å². The summed E-state index contributed by atoms with van der Waals surface area (Å²) in [5, 5.41) is 7.65. The first kappa shape index (κ1) is 28.7. The van der Waals surface area contributed by atoms with Gasteiger partial charge in [-0.2, -0.15) is 12.6 Å². The average molecular weight is 525 g/mol. The van der Waals surface area contributed by atoms with Crippen molar-refractivity contribution in [2.75, 3.05) is 18.8 Å². The Morgan fingerprint density at radius 2 is 1.34 bits per heavy atom. The van der Waals surface area contributed by atoms with Crippen molar-refractivity contribution < 1.29 is 9.90 Å². The highest BCUT2D eigenvalue weighted by Crippen LogP contribution is 2.29. The molecule has 0 unspecified atom stereocenters. The molecule has 0 aliphatic heterocycles. The zero-order chi connectivity index (χ0) is 27.0. The zero-order valence-electron chi connectivity index (χ0n) is 21.7. The predicted octanol–water partition coefficient (Wildman–Crippen LogP) is 7.21. The first-order valence-corrected chi connectivity index (χ1v) is 13.5. The molecule has 1 heterocycles. The first-order valence-electron chi connectivity index (χ1n) is 12.9. The summed E-state index contributed by atoms with van der Waals surface area (Å²) in [5.41, 5.74) is 6.05. The Morgan fingerprint density at radius 3 is 1.84 bits per heavy atom. The maximum absolute atomic E-state index is 9.29. The molecule has 0 saturated heterocycles. The molecule has 38 heavy (non-hydrogen) atoms. The third-order valence-corrected chi connectivity index (χ3v) is 6.58. The number of aromatic nitrogens is 1. The van der Waals surface area contributed by atoms with Crippen molar-refractivity contribution in [2.24, 2.45) is 0 Å². The average Bonchev–Trinajstić information content (AvgIpc) is 2.98. The molecule has 196 valence electrons. The van der Waals surface area contributed by atoms with Crippen molar-refractivity contribution in [2.45, 2.75) is 25.2 Å². The third-order valence-electron chi connectivity index (χ3n) is 6.31. The summed E-state index contributed by atoms with van der Waals surface area (Å²) in [5.74, 6) is -0.617. The van der Waals surface area contributed by atoms with Crippen molar-refractivity contribution >= 4 is 24.3 Å². The number of thiol groups is 1. The summed E-state index contributed by atoms with van der Waals surface area (Å²) in [7, 11) is 0. The molecule has 4 nitrogen and oxygen atoms in total. The van der Waals surface area contributed by atoms with Gasteiger partial charge in [-0.25, -0.2) is 0 Å². The van der Waals surface area contributed by atoms with Crippen molar-refractivity contribution in [3.05, 3.63) is 144 Å². The zero-order valence-corrected chi connectivity index (χ0v) is 22.6. The van der Waals surface area contributed by atoms with Gasteiger partial charge in [-0.1, -0.05) is 104 Å². The van der Waals surface area contributed by atoms with Gasteiger partial charge in [0.05, 0.1) is 17.1 Å². The number of carboxylic acids is 1. The van der Waals surface area contributed by atoms with Gasteiger partial charge in [0.15, 0.2) is 0 Å². The normalized spacial score (nSPS) is 10.4. The van der Waals surface area contributed by atoms with Crippen LogP contribution in [0.4, 0.5) is 0 Å². The van der Waals surface area contributed by atoms with Crippen LogP contribution in [0.25, 0.3) is 5.70 Å². The first-order chi connectivity index (χ1) is 18.6. The molecule has 0 amide bonds. The van der Waals surface area contributed by atoms with E-state index in [0.29, 0.717) is 5.92 Å². The topological polar surface area (TPSA) is 53.4 Å². The van der Waals surface area contributed by atoms with E-state index in [0.717, 1.165) is 43.7 Å². The van der Waals surface area contributed by atoms with Crippen molar-refractivity contribution in [1.29, 1.82) is 0 Å². The van der Waals surface area contributed by atoms with E-state index in [1.54, 1.807) is 0 Å². The van der Waals surface area contributed by atoms with Crippen LogP contribution in [0.15, 0.2) is 122 Å². The van der Waals surface area contributed by atoms with Gasteiger partial charge < -0.3 is 10.0 Å². The molecule has 0 aliphatic rings. The van der Waals surface area contributed by atoms with Crippen molar-refractivity contribution in [1.82, 2.24) is 9.88 Å². The third kappa shape index (κ3) is 9.56. The van der Waals surface area contributed by atoms with Crippen LogP contribution >= 0.6 is 12.6 Å². The predicted molar refractivity (Wildman–Crippen MR) is 160 cm³/mol. The minimum absolute atomic E-state index is 0.0833. The fourth-order valence-corrected chi connectivity index (χ4v) is 4.38. The minimum atomic E-state index is -0.881. The lowest BCUT2D eigenvalue weighted by atomic mass is 9.88. The van der Waals surface area contributed by atoms with E-state index in [1.807, 2.05) is 18.3 Å². The minimum Gasteiger partial charge on any atom is -0.481 e. The summed E-state index contributed by atoms with van der Waals surface area (Å²) in [6.07, 6.45) is 5.01. The Balaban J connectivity index is 0.000000732. The molecular formula is C33H36N2O2S. The van der Waals surface area contributed by atoms with Crippen LogP contribution < -0.4 is 0 Å². The molecule has 0 radical (unpaired) electrons. The Labute approximate surface area is 232 Å². The van der Waals surface area contributed by atoms with Crippen LogP contribution in [0.1, 0.15) is 41.1 Å². The van der Waals surface area contributed by atoms with E-state index in [1.165, 1.54) is 16.7 Å². The summed E-state index contributed by atoms with van der Waals surface area (Å²) in [4.78, 5) is 16.3. The SMILES string of the molecule is C=C(c1ccccn1)N(CCCc1ccccc1)CCC(c1ccccc1)c1ccccc1.O=C(O)CS. The van der Waals surface area contributed by atoms with Gasteiger partial charge in [-0.15, -0.1) is 0 Å². The van der Waals surface area contributed by atoms with E-state index in [2.05, 4.69) is 126 Å². The maximum atomic E-state index is 9.29. The van der Waals surface area contributed by atoms with Crippen LogP contribution in [0, 0.1) is 0 Å². The number of rotatable bonds is 12. The molecule has 4 rings (SSSR count). The van der Waals surface area contributed by atoms with Crippen LogP contribution in [-0.4, -0.2) is 39.8 Å². The molecule has 0 bridgehead atoms. The number of nitrogens with zero attached hydrogens (tertiary/aromatic N) is 2. The molecule has 1 N–H and O–H groups in total. The number of hydrogen-bond acceptors (Lipinski definition) is 4. The molecule has 0 fully saturated rings. The van der Waals surface area contributed by atoms with Gasteiger partial charge in [0, 0.05) is 25.2 Å². The number of hydrogen-bond donors (Lipinski definition) is 2. The molecule has 0 aliphatic carbocycles. The lowest BCUT2D eigenvalue weighted by Crippen LogP contribution is -2.26. The highest BCUT2D eigenvalue weighted by atomic mass is 32.1. The largest absolute Gasteiger partial charge is 0.481 e. The second-order valence-corrected chi connectivity index (χ2v) is 9.27. The smallest absolute Gasteiger partial charge is 0.313 e. The van der Waals surface area contributed by atoms with Crippen molar-refractivity contribution in [3.63, 3.8) is 0 Å².